The van der Waals surface area contributed by atoms with E-state index < -0.39 is 6.04 Å². The van der Waals surface area contributed by atoms with E-state index >= 15 is 0 Å². The highest BCUT2D eigenvalue weighted by Crippen LogP contribution is 2.31. The third kappa shape index (κ3) is 3.71. The molecule has 8 nitrogen and oxygen atoms in total. The largest absolute Gasteiger partial charge is 0.394 e. The molecule has 0 bridgehead atoms. The standard InChI is InChI=1S/C21H23N5O3/c1-14-10-16-18(11-14)26(19-12-25(29-2)9-8-22-19)24-20(16)21(28)23-17(13-27)15-6-4-3-5-7-15/h3-9,12,14,17,27H,10-11,13H2,1-2H3/p+1. The van der Waals surface area contributed by atoms with E-state index in [4.69, 9.17) is 4.84 Å². The monoisotopic (exact) mass is 394 g/mol. The zero-order valence-corrected chi connectivity index (χ0v) is 16.4. The molecule has 0 fully saturated rings. The van der Waals surface area contributed by atoms with Gasteiger partial charge >= 0.3 is 0 Å². The molecule has 0 spiro atoms. The van der Waals surface area contributed by atoms with E-state index in [0.717, 1.165) is 29.7 Å². The topological polar surface area (TPSA) is 93.2 Å². The van der Waals surface area contributed by atoms with Crippen LogP contribution in [0.4, 0.5) is 0 Å². The molecule has 1 amide bonds. The maximum Gasteiger partial charge on any atom is 0.272 e. The molecule has 2 heterocycles. The quantitative estimate of drug-likeness (QED) is 0.604. The summed E-state index contributed by atoms with van der Waals surface area (Å²) in [5.74, 6) is 0.704. The van der Waals surface area contributed by atoms with E-state index in [9.17, 15) is 9.90 Å². The highest BCUT2D eigenvalue weighted by atomic mass is 16.6. The number of carbonyl (C=O) groups is 1. The fraction of sp³-hybridized carbons (Fsp3) is 0.333. The third-order valence-electron chi connectivity index (χ3n) is 5.18. The van der Waals surface area contributed by atoms with Crippen LogP contribution < -0.4 is 14.9 Å². The summed E-state index contributed by atoms with van der Waals surface area (Å²) in [6.07, 6.45) is 6.64. The minimum Gasteiger partial charge on any atom is -0.394 e. The summed E-state index contributed by atoms with van der Waals surface area (Å²) in [4.78, 5) is 22.7. The average Bonchev–Trinajstić information content (AvgIpc) is 3.29. The van der Waals surface area contributed by atoms with E-state index in [0.29, 0.717) is 17.4 Å². The van der Waals surface area contributed by atoms with Gasteiger partial charge in [0.25, 0.3) is 12.1 Å². The number of rotatable bonds is 6. The molecule has 0 saturated carbocycles. The molecule has 0 saturated heterocycles. The number of carbonyl (C=O) groups excluding carboxylic acids is 1. The Hall–Kier alpha value is -3.26. The molecule has 29 heavy (non-hydrogen) atoms. The Labute approximate surface area is 168 Å². The molecule has 2 aromatic heterocycles. The normalized spacial score (nSPS) is 16.3. The first-order chi connectivity index (χ1) is 14.1. The van der Waals surface area contributed by atoms with Crippen molar-refractivity contribution in [2.75, 3.05) is 13.7 Å². The zero-order valence-electron chi connectivity index (χ0n) is 16.4. The minimum atomic E-state index is -0.492. The number of hydrogen-bond donors (Lipinski definition) is 2. The number of nitrogens with zero attached hydrogens (tertiary/aromatic N) is 4. The van der Waals surface area contributed by atoms with Crippen LogP contribution in [0.15, 0.2) is 48.9 Å². The van der Waals surface area contributed by atoms with Gasteiger partial charge in [-0.05, 0) is 24.3 Å². The maximum absolute atomic E-state index is 13.1. The van der Waals surface area contributed by atoms with Gasteiger partial charge in [-0.2, -0.15) is 5.10 Å². The molecule has 0 aliphatic heterocycles. The average molecular weight is 394 g/mol. The molecule has 0 radical (unpaired) electrons. The van der Waals surface area contributed by atoms with Crippen molar-refractivity contribution in [3.8, 4) is 5.82 Å². The first-order valence-corrected chi connectivity index (χ1v) is 9.60. The Morgan fingerprint density at radius 1 is 1.38 bits per heavy atom. The summed E-state index contributed by atoms with van der Waals surface area (Å²) in [5.41, 5.74) is 3.16. The molecule has 2 unspecified atom stereocenters. The molecular weight excluding hydrogens is 370 g/mol. The van der Waals surface area contributed by atoms with Crippen molar-refractivity contribution in [2.24, 2.45) is 5.92 Å². The number of aliphatic hydroxyl groups is 1. The summed E-state index contributed by atoms with van der Waals surface area (Å²) in [6, 6.07) is 8.92. The van der Waals surface area contributed by atoms with Crippen LogP contribution in [0.3, 0.4) is 0 Å². The van der Waals surface area contributed by atoms with Crippen molar-refractivity contribution in [1.82, 2.24) is 20.1 Å². The molecule has 1 aliphatic carbocycles. The fourth-order valence-electron chi connectivity index (χ4n) is 3.77. The number of nitrogens with one attached hydrogen (secondary N) is 1. The van der Waals surface area contributed by atoms with Crippen LogP contribution in [0.5, 0.6) is 0 Å². The number of aromatic nitrogens is 4. The highest BCUT2D eigenvalue weighted by Gasteiger charge is 2.32. The molecule has 1 aromatic carbocycles. The predicted molar refractivity (Wildman–Crippen MR) is 104 cm³/mol. The second-order valence-electron chi connectivity index (χ2n) is 7.28. The number of fused-ring (bicyclic) bond motifs is 1. The SMILES string of the molecule is CO[n+]1ccnc(-n2nc(C(=O)NC(CO)c3ccccc3)c3c2CC(C)C3)c1. The summed E-state index contributed by atoms with van der Waals surface area (Å²) in [6.45, 7) is 1.96. The van der Waals surface area contributed by atoms with Gasteiger partial charge in [-0.25, -0.2) is 9.67 Å². The van der Waals surface area contributed by atoms with Crippen LogP contribution in [0.2, 0.25) is 0 Å². The van der Waals surface area contributed by atoms with E-state index in [1.54, 1.807) is 30.4 Å². The van der Waals surface area contributed by atoms with Crippen LogP contribution >= 0.6 is 0 Å². The van der Waals surface area contributed by atoms with Crippen LogP contribution in [0, 0.1) is 5.92 Å². The Morgan fingerprint density at radius 2 is 2.17 bits per heavy atom. The van der Waals surface area contributed by atoms with E-state index in [2.05, 4.69) is 22.3 Å². The first-order valence-electron chi connectivity index (χ1n) is 9.60. The molecule has 150 valence electrons. The van der Waals surface area contributed by atoms with Gasteiger partial charge in [0, 0.05) is 10.3 Å². The van der Waals surface area contributed by atoms with E-state index in [1.165, 1.54) is 4.73 Å². The second-order valence-corrected chi connectivity index (χ2v) is 7.28. The lowest BCUT2D eigenvalue weighted by Gasteiger charge is -2.16. The van der Waals surface area contributed by atoms with Crippen molar-refractivity contribution in [3.63, 3.8) is 0 Å². The van der Waals surface area contributed by atoms with Gasteiger partial charge in [-0.15, -0.1) is 0 Å². The highest BCUT2D eigenvalue weighted by molar-refractivity contribution is 5.94. The number of amides is 1. The number of benzene rings is 1. The van der Waals surface area contributed by atoms with Gasteiger partial charge in [0.1, 0.15) is 7.11 Å². The summed E-state index contributed by atoms with van der Waals surface area (Å²) in [7, 11) is 1.57. The molecular formula is C21H24N5O3+. The summed E-state index contributed by atoms with van der Waals surface area (Å²) >= 11 is 0. The first kappa shape index (κ1) is 19.1. The van der Waals surface area contributed by atoms with Crippen molar-refractivity contribution >= 4 is 5.91 Å². The molecule has 4 rings (SSSR count). The fourth-order valence-corrected chi connectivity index (χ4v) is 3.77. The van der Waals surface area contributed by atoms with Crippen molar-refractivity contribution in [1.29, 1.82) is 0 Å². The van der Waals surface area contributed by atoms with Crippen molar-refractivity contribution < 1.29 is 19.5 Å². The second kappa shape index (κ2) is 8.00. The van der Waals surface area contributed by atoms with Crippen LogP contribution in [-0.4, -0.2) is 39.5 Å². The minimum absolute atomic E-state index is 0.191. The summed E-state index contributed by atoms with van der Waals surface area (Å²) < 4.78 is 3.26. The maximum atomic E-state index is 13.1. The summed E-state index contributed by atoms with van der Waals surface area (Å²) in [5, 5.41) is 17.3. The third-order valence-corrected chi connectivity index (χ3v) is 5.18. The van der Waals surface area contributed by atoms with Gasteiger partial charge in [0.15, 0.2) is 5.69 Å². The Morgan fingerprint density at radius 3 is 2.90 bits per heavy atom. The van der Waals surface area contributed by atoms with Crippen LogP contribution in [-0.2, 0) is 12.8 Å². The lowest BCUT2D eigenvalue weighted by atomic mass is 10.1. The molecule has 1 aliphatic rings. The van der Waals surface area contributed by atoms with Gasteiger partial charge in [-0.3, -0.25) is 9.63 Å². The van der Waals surface area contributed by atoms with E-state index in [-0.39, 0.29) is 12.5 Å². The van der Waals surface area contributed by atoms with E-state index in [1.807, 2.05) is 30.3 Å². The smallest absolute Gasteiger partial charge is 0.272 e. The van der Waals surface area contributed by atoms with Crippen LogP contribution in [0.1, 0.15) is 40.3 Å². The lowest BCUT2D eigenvalue weighted by Crippen LogP contribution is -2.40. The Bertz CT molecular complexity index is 1020. The van der Waals surface area contributed by atoms with Gasteiger partial charge in [0.05, 0.1) is 24.5 Å². The van der Waals surface area contributed by atoms with Crippen LogP contribution in [0.25, 0.3) is 5.82 Å². The zero-order chi connectivity index (χ0) is 20.4. The molecule has 8 heteroatoms. The Balaban J connectivity index is 1.68. The van der Waals surface area contributed by atoms with Crippen molar-refractivity contribution in [2.45, 2.75) is 25.8 Å². The van der Waals surface area contributed by atoms with Crippen molar-refractivity contribution in [3.05, 3.63) is 71.4 Å². The van der Waals surface area contributed by atoms with Gasteiger partial charge < -0.3 is 10.4 Å². The lowest BCUT2D eigenvalue weighted by molar-refractivity contribution is -0.885. The Kier molecular flexibility index (Phi) is 5.26. The molecule has 2 atom stereocenters. The number of hydrogen-bond acceptors (Lipinski definition) is 5. The molecule has 2 N–H and O–H groups in total. The van der Waals surface area contributed by atoms with Gasteiger partial charge in [0.2, 0.25) is 12.0 Å². The number of aliphatic hydroxyl groups excluding tert-OH is 1. The predicted octanol–water partition coefficient (Wildman–Crippen LogP) is 0.811. The van der Waals surface area contributed by atoms with Gasteiger partial charge in [-0.1, -0.05) is 37.3 Å². The molecule has 3 aromatic rings.